The molecule has 0 saturated carbocycles. The molecule has 0 fully saturated rings. The molecule has 19 heavy (non-hydrogen) atoms. The fourth-order valence-corrected chi connectivity index (χ4v) is 2.26. The highest BCUT2D eigenvalue weighted by molar-refractivity contribution is 5.81. The highest BCUT2D eigenvalue weighted by atomic mass is 16.6. The lowest BCUT2D eigenvalue weighted by Crippen LogP contribution is -2.40. The molecule has 0 saturated heterocycles. The number of carbonyl (C=O) groups is 2. The van der Waals surface area contributed by atoms with Gasteiger partial charge in [-0.25, -0.2) is 0 Å². The predicted molar refractivity (Wildman–Crippen MR) is 72.7 cm³/mol. The van der Waals surface area contributed by atoms with Crippen LogP contribution in [0.25, 0.3) is 0 Å². The second-order valence-corrected chi connectivity index (χ2v) is 6.51. The Hall–Kier alpha value is -1.32. The third-order valence-electron chi connectivity index (χ3n) is 3.29. The first-order valence-electron chi connectivity index (χ1n) is 6.77. The average molecular weight is 268 g/mol. The van der Waals surface area contributed by atoms with Crippen LogP contribution in [0, 0.1) is 11.3 Å². The van der Waals surface area contributed by atoms with Gasteiger partial charge in [-0.05, 0) is 46.0 Å². The fourth-order valence-electron chi connectivity index (χ4n) is 2.26. The van der Waals surface area contributed by atoms with E-state index < -0.39 is 17.0 Å². The minimum Gasteiger partial charge on any atom is -0.481 e. The predicted octanol–water partition coefficient (Wildman–Crippen LogP) is 3.17. The van der Waals surface area contributed by atoms with Gasteiger partial charge in [0, 0.05) is 6.42 Å². The van der Waals surface area contributed by atoms with Crippen molar-refractivity contribution in [1.82, 2.24) is 0 Å². The average Bonchev–Trinajstić information content (AvgIpc) is 2.17. The van der Waals surface area contributed by atoms with E-state index in [1.807, 2.05) is 39.8 Å². The van der Waals surface area contributed by atoms with Gasteiger partial charge in [-0.1, -0.05) is 19.1 Å². The van der Waals surface area contributed by atoms with E-state index in [4.69, 9.17) is 9.84 Å². The lowest BCUT2D eigenvalue weighted by molar-refractivity contribution is -0.166. The van der Waals surface area contributed by atoms with Crippen LogP contribution < -0.4 is 0 Å². The van der Waals surface area contributed by atoms with Crippen LogP contribution in [0.4, 0.5) is 0 Å². The third kappa shape index (κ3) is 4.69. The van der Waals surface area contributed by atoms with E-state index in [1.165, 1.54) is 0 Å². The van der Waals surface area contributed by atoms with E-state index in [2.05, 4.69) is 0 Å². The first kappa shape index (κ1) is 15.7. The van der Waals surface area contributed by atoms with Crippen molar-refractivity contribution in [3.8, 4) is 0 Å². The second-order valence-electron chi connectivity index (χ2n) is 6.51. The molecule has 0 amide bonds. The molecular formula is C15H24O4. The van der Waals surface area contributed by atoms with Crippen molar-refractivity contribution < 1.29 is 19.4 Å². The minimum absolute atomic E-state index is 0.148. The Bertz CT molecular complexity index is 378. The Morgan fingerprint density at radius 2 is 2.00 bits per heavy atom. The van der Waals surface area contributed by atoms with Gasteiger partial charge in [0.2, 0.25) is 0 Å². The number of aliphatic carboxylic acids is 1. The van der Waals surface area contributed by atoms with Crippen molar-refractivity contribution in [2.24, 2.45) is 11.3 Å². The smallest absolute Gasteiger partial charge is 0.316 e. The topological polar surface area (TPSA) is 63.6 Å². The standard InChI is InChI=1S/C15H24O4/c1-11(6-7-12(16)17)10-15(8-5-9-15)13(18)19-14(2,3)4/h5,8,11H,6-7,9-10H2,1-4H3,(H,16,17)/t11-,15?/m1/s1. The van der Waals surface area contributed by atoms with Crippen molar-refractivity contribution in [3.63, 3.8) is 0 Å². The summed E-state index contributed by atoms with van der Waals surface area (Å²) in [7, 11) is 0. The zero-order chi connectivity index (χ0) is 14.7. The van der Waals surface area contributed by atoms with Crippen LogP contribution in [-0.4, -0.2) is 22.6 Å². The first-order chi connectivity index (χ1) is 8.65. The summed E-state index contributed by atoms with van der Waals surface area (Å²) in [5.74, 6) is -0.791. The summed E-state index contributed by atoms with van der Waals surface area (Å²) in [6.45, 7) is 7.56. The Labute approximate surface area is 114 Å². The number of hydrogen-bond acceptors (Lipinski definition) is 3. The van der Waals surface area contributed by atoms with E-state index in [0.29, 0.717) is 19.3 Å². The second kappa shape index (κ2) is 5.76. The number of allylic oxidation sites excluding steroid dienone is 1. The number of carboxylic acid groups (broad SMARTS) is 1. The Kier molecular flexibility index (Phi) is 4.77. The summed E-state index contributed by atoms with van der Waals surface area (Å²) in [5, 5.41) is 8.69. The zero-order valence-corrected chi connectivity index (χ0v) is 12.2. The molecule has 4 nitrogen and oxygen atoms in total. The van der Waals surface area contributed by atoms with E-state index >= 15 is 0 Å². The highest BCUT2D eigenvalue weighted by Crippen LogP contribution is 2.42. The molecule has 1 aliphatic rings. The Balaban J connectivity index is 2.59. The molecule has 2 atom stereocenters. The number of esters is 1. The summed E-state index contributed by atoms with van der Waals surface area (Å²) in [6.07, 6.45) is 5.96. The van der Waals surface area contributed by atoms with Gasteiger partial charge in [0.05, 0.1) is 5.41 Å². The molecule has 1 rings (SSSR count). The molecule has 4 heteroatoms. The molecule has 108 valence electrons. The maximum absolute atomic E-state index is 12.2. The van der Waals surface area contributed by atoms with E-state index in [9.17, 15) is 9.59 Å². The molecule has 0 bridgehead atoms. The highest BCUT2D eigenvalue weighted by Gasteiger charge is 2.43. The van der Waals surface area contributed by atoms with Crippen molar-refractivity contribution in [3.05, 3.63) is 12.2 Å². The van der Waals surface area contributed by atoms with Gasteiger partial charge in [-0.2, -0.15) is 0 Å². The molecular weight excluding hydrogens is 244 g/mol. The van der Waals surface area contributed by atoms with Crippen LogP contribution >= 0.6 is 0 Å². The lowest BCUT2D eigenvalue weighted by atomic mass is 9.70. The number of carboxylic acids is 1. The van der Waals surface area contributed by atoms with Gasteiger partial charge in [0.15, 0.2) is 0 Å². The molecule has 1 N–H and O–H groups in total. The van der Waals surface area contributed by atoms with Crippen molar-refractivity contribution in [2.75, 3.05) is 0 Å². The van der Waals surface area contributed by atoms with Gasteiger partial charge >= 0.3 is 11.9 Å². The Morgan fingerprint density at radius 3 is 2.37 bits per heavy atom. The van der Waals surface area contributed by atoms with Gasteiger partial charge in [0.25, 0.3) is 0 Å². The van der Waals surface area contributed by atoms with Crippen LogP contribution in [0.3, 0.4) is 0 Å². The SMILES string of the molecule is C[C@H](CCC(=O)O)CC1(C(=O)OC(C)(C)C)C=CC1. The summed E-state index contributed by atoms with van der Waals surface area (Å²) in [6, 6.07) is 0. The largest absolute Gasteiger partial charge is 0.481 e. The van der Waals surface area contributed by atoms with E-state index in [0.717, 1.165) is 0 Å². The minimum atomic E-state index is -0.790. The molecule has 0 aromatic rings. The summed E-state index contributed by atoms with van der Waals surface area (Å²) in [5.41, 5.74) is -1.02. The van der Waals surface area contributed by atoms with Crippen molar-refractivity contribution in [2.45, 2.75) is 59.0 Å². The zero-order valence-electron chi connectivity index (χ0n) is 12.2. The quantitative estimate of drug-likeness (QED) is 0.593. The summed E-state index contributed by atoms with van der Waals surface area (Å²) >= 11 is 0. The maximum atomic E-state index is 12.2. The number of carbonyl (C=O) groups excluding carboxylic acids is 1. The maximum Gasteiger partial charge on any atom is 0.316 e. The molecule has 0 heterocycles. The van der Waals surface area contributed by atoms with E-state index in [1.54, 1.807) is 0 Å². The van der Waals surface area contributed by atoms with Crippen molar-refractivity contribution >= 4 is 11.9 Å². The summed E-state index contributed by atoms with van der Waals surface area (Å²) in [4.78, 5) is 22.8. The molecule has 0 aliphatic heterocycles. The van der Waals surface area contributed by atoms with Gasteiger partial charge in [0.1, 0.15) is 5.60 Å². The van der Waals surface area contributed by atoms with Crippen LogP contribution in [0.15, 0.2) is 12.2 Å². The van der Waals surface area contributed by atoms with Crippen LogP contribution in [-0.2, 0) is 14.3 Å². The molecule has 0 aromatic heterocycles. The number of ether oxygens (including phenoxy) is 1. The fraction of sp³-hybridized carbons (Fsp3) is 0.733. The molecule has 0 aromatic carbocycles. The monoisotopic (exact) mass is 268 g/mol. The van der Waals surface area contributed by atoms with Gasteiger partial charge in [-0.15, -0.1) is 0 Å². The summed E-state index contributed by atoms with van der Waals surface area (Å²) < 4.78 is 5.46. The van der Waals surface area contributed by atoms with Gasteiger partial charge in [-0.3, -0.25) is 9.59 Å². The number of rotatable bonds is 6. The molecule has 0 radical (unpaired) electrons. The Morgan fingerprint density at radius 1 is 1.42 bits per heavy atom. The van der Waals surface area contributed by atoms with E-state index in [-0.39, 0.29) is 18.3 Å². The molecule has 1 aliphatic carbocycles. The van der Waals surface area contributed by atoms with Crippen molar-refractivity contribution in [1.29, 1.82) is 0 Å². The first-order valence-corrected chi connectivity index (χ1v) is 6.77. The molecule has 0 spiro atoms. The lowest BCUT2D eigenvalue weighted by Gasteiger charge is -2.37. The number of hydrogen-bond donors (Lipinski definition) is 1. The van der Waals surface area contributed by atoms with Crippen LogP contribution in [0.2, 0.25) is 0 Å². The molecule has 1 unspecified atom stereocenters. The normalized spacial score (nSPS) is 23.6. The third-order valence-corrected chi connectivity index (χ3v) is 3.29. The van der Waals surface area contributed by atoms with Crippen LogP contribution in [0.5, 0.6) is 0 Å². The van der Waals surface area contributed by atoms with Gasteiger partial charge < -0.3 is 9.84 Å². The van der Waals surface area contributed by atoms with Crippen LogP contribution in [0.1, 0.15) is 53.4 Å².